The number of nitrogens with zero attached hydrogens (tertiary/aromatic N) is 1. The average Bonchev–Trinajstić information content (AvgIpc) is 2.69. The van der Waals surface area contributed by atoms with Crippen LogP contribution in [0.25, 0.3) is 0 Å². The number of carbonyl (C=O) groups is 1. The molecular formula is C12H22N4OS. The second-order valence-corrected chi connectivity index (χ2v) is 6.37. The third kappa shape index (κ3) is 3.66. The second-order valence-electron chi connectivity index (χ2n) is 4.86. The number of aromatic nitrogens is 2. The molecule has 1 aromatic heterocycles. The molecule has 102 valence electrons. The SMILES string of the molecule is CCCc1[nH]nc(C(=O)NCC(C)(C)SC)c1N. The molecular weight excluding hydrogens is 248 g/mol. The summed E-state index contributed by atoms with van der Waals surface area (Å²) in [5.74, 6) is -0.215. The zero-order chi connectivity index (χ0) is 13.8. The summed E-state index contributed by atoms with van der Waals surface area (Å²) < 4.78 is 0.00692. The van der Waals surface area contributed by atoms with Crippen LogP contribution in [0.3, 0.4) is 0 Å². The quantitative estimate of drug-likeness (QED) is 0.736. The number of nitrogens with one attached hydrogen (secondary N) is 2. The predicted octanol–water partition coefficient (Wildman–Crippen LogP) is 1.82. The van der Waals surface area contributed by atoms with Gasteiger partial charge in [0.05, 0.1) is 11.4 Å². The minimum atomic E-state index is -0.215. The van der Waals surface area contributed by atoms with Gasteiger partial charge in [-0.2, -0.15) is 16.9 Å². The number of hydrogen-bond donors (Lipinski definition) is 3. The van der Waals surface area contributed by atoms with Gasteiger partial charge in [0.25, 0.3) is 5.91 Å². The number of nitrogen functional groups attached to an aromatic ring is 1. The minimum absolute atomic E-state index is 0.00692. The summed E-state index contributed by atoms with van der Waals surface area (Å²) in [6.07, 6.45) is 3.80. The number of rotatable bonds is 6. The molecule has 0 saturated heterocycles. The summed E-state index contributed by atoms with van der Waals surface area (Å²) in [4.78, 5) is 12.0. The highest BCUT2D eigenvalue weighted by molar-refractivity contribution is 7.99. The van der Waals surface area contributed by atoms with Crippen LogP contribution in [-0.2, 0) is 6.42 Å². The monoisotopic (exact) mass is 270 g/mol. The molecule has 4 N–H and O–H groups in total. The number of thioether (sulfide) groups is 1. The first-order valence-electron chi connectivity index (χ1n) is 6.07. The van der Waals surface area contributed by atoms with Crippen molar-refractivity contribution in [2.24, 2.45) is 0 Å². The lowest BCUT2D eigenvalue weighted by atomic mass is 10.2. The summed E-state index contributed by atoms with van der Waals surface area (Å²) in [5.41, 5.74) is 7.51. The van der Waals surface area contributed by atoms with Crippen molar-refractivity contribution in [2.75, 3.05) is 18.5 Å². The van der Waals surface area contributed by atoms with E-state index in [0.29, 0.717) is 17.9 Å². The highest BCUT2D eigenvalue weighted by Crippen LogP contribution is 2.20. The van der Waals surface area contributed by atoms with Gasteiger partial charge >= 0.3 is 0 Å². The molecule has 0 aliphatic carbocycles. The minimum Gasteiger partial charge on any atom is -0.395 e. The zero-order valence-electron chi connectivity index (χ0n) is 11.5. The van der Waals surface area contributed by atoms with E-state index >= 15 is 0 Å². The summed E-state index contributed by atoms with van der Waals surface area (Å²) in [6.45, 7) is 6.80. The summed E-state index contributed by atoms with van der Waals surface area (Å²) in [5, 5.41) is 9.68. The Bertz CT molecular complexity index is 414. The molecule has 1 aromatic rings. The summed E-state index contributed by atoms with van der Waals surface area (Å²) >= 11 is 1.71. The van der Waals surface area contributed by atoms with Crippen LogP contribution in [0.4, 0.5) is 5.69 Å². The van der Waals surface area contributed by atoms with Crippen molar-refractivity contribution in [3.05, 3.63) is 11.4 Å². The highest BCUT2D eigenvalue weighted by Gasteiger charge is 2.21. The zero-order valence-corrected chi connectivity index (χ0v) is 12.3. The molecule has 0 unspecified atom stereocenters. The Hall–Kier alpha value is -1.17. The third-order valence-corrected chi connectivity index (χ3v) is 4.07. The first-order valence-corrected chi connectivity index (χ1v) is 7.29. The van der Waals surface area contributed by atoms with Crippen molar-refractivity contribution in [3.63, 3.8) is 0 Å². The van der Waals surface area contributed by atoms with E-state index in [1.807, 2.05) is 6.26 Å². The maximum atomic E-state index is 12.0. The van der Waals surface area contributed by atoms with Crippen LogP contribution >= 0.6 is 11.8 Å². The molecule has 0 atom stereocenters. The van der Waals surface area contributed by atoms with Gasteiger partial charge in [-0.1, -0.05) is 13.3 Å². The first-order chi connectivity index (χ1) is 8.41. The van der Waals surface area contributed by atoms with Crippen molar-refractivity contribution in [1.29, 1.82) is 0 Å². The lowest BCUT2D eigenvalue weighted by molar-refractivity contribution is 0.0946. The van der Waals surface area contributed by atoms with E-state index < -0.39 is 0 Å². The summed E-state index contributed by atoms with van der Waals surface area (Å²) in [6, 6.07) is 0. The van der Waals surface area contributed by atoms with E-state index in [4.69, 9.17) is 5.73 Å². The molecule has 0 aliphatic heterocycles. The van der Waals surface area contributed by atoms with Gasteiger partial charge in [-0.05, 0) is 26.5 Å². The molecule has 0 saturated carbocycles. The van der Waals surface area contributed by atoms with Crippen LogP contribution in [-0.4, -0.2) is 33.7 Å². The fraction of sp³-hybridized carbons (Fsp3) is 0.667. The standard InChI is InChI=1S/C12H22N4OS/c1-5-6-8-9(13)10(16-15-8)11(17)14-7-12(2,3)18-4/h5-7,13H2,1-4H3,(H,14,17)(H,15,16). The Kier molecular flexibility index (Phi) is 5.07. The number of amides is 1. The second kappa shape index (κ2) is 6.13. The van der Waals surface area contributed by atoms with E-state index in [0.717, 1.165) is 18.5 Å². The van der Waals surface area contributed by atoms with E-state index in [-0.39, 0.29) is 10.7 Å². The molecule has 0 radical (unpaired) electrons. The fourth-order valence-electron chi connectivity index (χ4n) is 1.45. The van der Waals surface area contributed by atoms with Crippen molar-refractivity contribution in [3.8, 4) is 0 Å². The number of aryl methyl sites for hydroxylation is 1. The number of anilines is 1. The number of carbonyl (C=O) groups excluding carboxylic acids is 1. The highest BCUT2D eigenvalue weighted by atomic mass is 32.2. The van der Waals surface area contributed by atoms with Gasteiger partial charge < -0.3 is 11.1 Å². The van der Waals surface area contributed by atoms with Crippen LogP contribution in [0.1, 0.15) is 43.4 Å². The maximum Gasteiger partial charge on any atom is 0.273 e. The average molecular weight is 270 g/mol. The van der Waals surface area contributed by atoms with Crippen molar-refractivity contribution >= 4 is 23.4 Å². The Morgan fingerprint density at radius 2 is 2.22 bits per heavy atom. The van der Waals surface area contributed by atoms with Gasteiger partial charge in [-0.3, -0.25) is 9.89 Å². The molecule has 1 heterocycles. The van der Waals surface area contributed by atoms with Gasteiger partial charge in [-0.25, -0.2) is 0 Å². The van der Waals surface area contributed by atoms with Crippen LogP contribution < -0.4 is 11.1 Å². The topological polar surface area (TPSA) is 83.8 Å². The Labute approximate surface area is 112 Å². The van der Waals surface area contributed by atoms with Crippen LogP contribution in [0, 0.1) is 0 Å². The normalized spacial score (nSPS) is 11.6. The molecule has 0 aromatic carbocycles. The Balaban J connectivity index is 2.67. The Morgan fingerprint density at radius 1 is 1.56 bits per heavy atom. The molecule has 6 heteroatoms. The van der Waals surface area contributed by atoms with E-state index in [1.54, 1.807) is 11.8 Å². The van der Waals surface area contributed by atoms with Gasteiger partial charge in [-0.15, -0.1) is 0 Å². The predicted molar refractivity (Wildman–Crippen MR) is 76.9 cm³/mol. The van der Waals surface area contributed by atoms with Crippen LogP contribution in [0.15, 0.2) is 0 Å². The molecule has 0 fully saturated rings. The largest absolute Gasteiger partial charge is 0.395 e. The maximum absolute atomic E-state index is 12.0. The molecule has 18 heavy (non-hydrogen) atoms. The molecule has 0 bridgehead atoms. The van der Waals surface area contributed by atoms with Crippen molar-refractivity contribution < 1.29 is 4.79 Å². The van der Waals surface area contributed by atoms with Crippen LogP contribution in [0.2, 0.25) is 0 Å². The molecule has 0 spiro atoms. The molecule has 1 rings (SSSR count). The molecule has 5 nitrogen and oxygen atoms in total. The first kappa shape index (κ1) is 14.9. The molecule has 1 amide bonds. The number of nitrogens with two attached hydrogens (primary N) is 1. The third-order valence-electron chi connectivity index (χ3n) is 2.83. The van der Waals surface area contributed by atoms with E-state index in [1.165, 1.54) is 0 Å². The van der Waals surface area contributed by atoms with Gasteiger partial charge in [0.1, 0.15) is 0 Å². The van der Waals surface area contributed by atoms with Crippen LogP contribution in [0.5, 0.6) is 0 Å². The number of H-pyrrole nitrogens is 1. The fourth-order valence-corrected chi connectivity index (χ4v) is 1.67. The van der Waals surface area contributed by atoms with E-state index in [9.17, 15) is 4.79 Å². The summed E-state index contributed by atoms with van der Waals surface area (Å²) in [7, 11) is 0. The van der Waals surface area contributed by atoms with Gasteiger partial charge in [0, 0.05) is 11.3 Å². The van der Waals surface area contributed by atoms with E-state index in [2.05, 4.69) is 36.3 Å². The smallest absolute Gasteiger partial charge is 0.273 e. The molecule has 0 aliphatic rings. The number of hydrogen-bond acceptors (Lipinski definition) is 4. The van der Waals surface area contributed by atoms with Gasteiger partial charge in [0.15, 0.2) is 5.69 Å². The number of aromatic amines is 1. The van der Waals surface area contributed by atoms with Crippen molar-refractivity contribution in [2.45, 2.75) is 38.4 Å². The van der Waals surface area contributed by atoms with Crippen molar-refractivity contribution in [1.82, 2.24) is 15.5 Å². The Morgan fingerprint density at radius 3 is 2.78 bits per heavy atom. The lowest BCUT2D eigenvalue weighted by Crippen LogP contribution is -2.36. The van der Waals surface area contributed by atoms with Gasteiger partial charge in [0.2, 0.25) is 0 Å². The lowest BCUT2D eigenvalue weighted by Gasteiger charge is -2.21.